The van der Waals surface area contributed by atoms with E-state index in [0.29, 0.717) is 18.9 Å². The lowest BCUT2D eigenvalue weighted by molar-refractivity contribution is -0.122. The van der Waals surface area contributed by atoms with E-state index >= 15 is 0 Å². The molecule has 0 bridgehead atoms. The third-order valence-electron chi connectivity index (χ3n) is 3.79. The summed E-state index contributed by atoms with van der Waals surface area (Å²) in [5, 5.41) is 3.03. The molecule has 2 rings (SSSR count). The first-order valence-electron chi connectivity index (χ1n) is 7.46. The Balaban J connectivity index is 2.23. The number of benzene rings is 1. The second kappa shape index (κ2) is 6.72. The molecule has 0 fully saturated rings. The van der Waals surface area contributed by atoms with Crippen LogP contribution in [-0.4, -0.2) is 28.0 Å². The highest BCUT2D eigenvalue weighted by Crippen LogP contribution is 2.16. The number of hydrogen-bond donors (Lipinski definition) is 2. The van der Waals surface area contributed by atoms with Crippen molar-refractivity contribution in [2.75, 3.05) is 6.54 Å². The second-order valence-corrected chi connectivity index (χ2v) is 5.74. The number of para-hydroxylation sites is 2. The van der Waals surface area contributed by atoms with E-state index < -0.39 is 0 Å². The summed E-state index contributed by atoms with van der Waals surface area (Å²) >= 11 is 0. The van der Waals surface area contributed by atoms with Crippen LogP contribution in [0.2, 0.25) is 0 Å². The quantitative estimate of drug-likeness (QED) is 0.849. The SMILES string of the molecule is CC(C)C(C)NC(=O)Cn1c(CCN)nc2ccccc21. The number of rotatable bonds is 6. The summed E-state index contributed by atoms with van der Waals surface area (Å²) in [6, 6.07) is 8.01. The molecule has 1 aromatic carbocycles. The van der Waals surface area contributed by atoms with Crippen molar-refractivity contribution in [3.05, 3.63) is 30.1 Å². The number of nitrogens with two attached hydrogens (primary N) is 1. The number of hydrogen-bond acceptors (Lipinski definition) is 3. The molecule has 21 heavy (non-hydrogen) atoms. The van der Waals surface area contributed by atoms with Crippen molar-refractivity contribution in [3.8, 4) is 0 Å². The Labute approximate surface area is 125 Å². The minimum atomic E-state index is 0.0117. The maximum Gasteiger partial charge on any atom is 0.240 e. The Morgan fingerprint density at radius 3 is 2.71 bits per heavy atom. The van der Waals surface area contributed by atoms with Gasteiger partial charge in [-0.1, -0.05) is 26.0 Å². The lowest BCUT2D eigenvalue weighted by Gasteiger charge is -2.18. The zero-order valence-corrected chi connectivity index (χ0v) is 13.0. The van der Waals surface area contributed by atoms with Gasteiger partial charge in [0.15, 0.2) is 0 Å². The summed E-state index contributed by atoms with van der Waals surface area (Å²) in [7, 11) is 0. The number of amides is 1. The lowest BCUT2D eigenvalue weighted by Crippen LogP contribution is -2.38. The number of carbonyl (C=O) groups excluding carboxylic acids is 1. The summed E-state index contributed by atoms with van der Waals surface area (Å²) in [6.07, 6.45) is 0.668. The van der Waals surface area contributed by atoms with Crippen LogP contribution in [0.3, 0.4) is 0 Å². The van der Waals surface area contributed by atoms with Gasteiger partial charge in [-0.15, -0.1) is 0 Å². The van der Waals surface area contributed by atoms with Gasteiger partial charge in [-0.2, -0.15) is 0 Å². The van der Waals surface area contributed by atoms with Gasteiger partial charge in [0.1, 0.15) is 12.4 Å². The number of nitrogens with zero attached hydrogens (tertiary/aromatic N) is 2. The first-order valence-corrected chi connectivity index (χ1v) is 7.46. The average Bonchev–Trinajstić information content (AvgIpc) is 2.77. The summed E-state index contributed by atoms with van der Waals surface area (Å²) in [5.41, 5.74) is 7.54. The molecule has 0 aliphatic carbocycles. The normalized spacial score (nSPS) is 12.8. The van der Waals surface area contributed by atoms with Crippen LogP contribution in [0, 0.1) is 5.92 Å². The van der Waals surface area contributed by atoms with Gasteiger partial charge in [0, 0.05) is 12.5 Å². The maximum absolute atomic E-state index is 12.2. The molecule has 114 valence electrons. The summed E-state index contributed by atoms with van der Waals surface area (Å²) in [4.78, 5) is 16.8. The van der Waals surface area contributed by atoms with Crippen LogP contribution in [0.25, 0.3) is 11.0 Å². The van der Waals surface area contributed by atoms with Crippen molar-refractivity contribution in [2.45, 2.75) is 39.8 Å². The highest BCUT2D eigenvalue weighted by Gasteiger charge is 2.15. The fourth-order valence-corrected chi connectivity index (χ4v) is 2.23. The molecule has 0 aliphatic rings. The largest absolute Gasteiger partial charge is 0.352 e. The first kappa shape index (κ1) is 15.5. The van der Waals surface area contributed by atoms with E-state index in [2.05, 4.69) is 24.1 Å². The Bertz CT molecular complexity index is 618. The zero-order chi connectivity index (χ0) is 15.4. The number of fused-ring (bicyclic) bond motifs is 1. The fraction of sp³-hybridized carbons (Fsp3) is 0.500. The van der Waals surface area contributed by atoms with Crippen molar-refractivity contribution in [1.29, 1.82) is 0 Å². The Kier molecular flexibility index (Phi) is 4.96. The van der Waals surface area contributed by atoms with Gasteiger partial charge in [-0.05, 0) is 31.5 Å². The van der Waals surface area contributed by atoms with Crippen LogP contribution < -0.4 is 11.1 Å². The molecule has 1 amide bonds. The van der Waals surface area contributed by atoms with Crippen LogP contribution in [0.15, 0.2) is 24.3 Å². The number of aromatic nitrogens is 2. The van der Waals surface area contributed by atoms with E-state index in [0.717, 1.165) is 16.9 Å². The number of imidazole rings is 1. The minimum Gasteiger partial charge on any atom is -0.352 e. The number of nitrogens with one attached hydrogen (secondary N) is 1. The fourth-order valence-electron chi connectivity index (χ4n) is 2.23. The summed E-state index contributed by atoms with van der Waals surface area (Å²) in [5.74, 6) is 1.29. The lowest BCUT2D eigenvalue weighted by atomic mass is 10.1. The van der Waals surface area contributed by atoms with Gasteiger partial charge >= 0.3 is 0 Å². The molecule has 0 aliphatic heterocycles. The van der Waals surface area contributed by atoms with E-state index in [1.165, 1.54) is 0 Å². The molecule has 5 heteroatoms. The standard InChI is InChI=1S/C16H24N4O/c1-11(2)12(3)18-16(21)10-20-14-7-5-4-6-13(14)19-15(20)8-9-17/h4-7,11-12H,8-10,17H2,1-3H3,(H,18,21). The predicted molar refractivity (Wildman–Crippen MR) is 84.9 cm³/mol. The molecule has 1 atom stereocenters. The van der Waals surface area contributed by atoms with Gasteiger partial charge in [-0.25, -0.2) is 4.98 Å². The Morgan fingerprint density at radius 1 is 1.33 bits per heavy atom. The first-order chi connectivity index (χ1) is 10.0. The minimum absolute atomic E-state index is 0.0117. The van der Waals surface area contributed by atoms with Crippen LogP contribution >= 0.6 is 0 Å². The molecular formula is C16H24N4O. The van der Waals surface area contributed by atoms with Gasteiger partial charge < -0.3 is 15.6 Å². The van der Waals surface area contributed by atoms with Gasteiger partial charge in [-0.3, -0.25) is 4.79 Å². The topological polar surface area (TPSA) is 72.9 Å². The Hall–Kier alpha value is -1.88. The monoisotopic (exact) mass is 288 g/mol. The molecule has 2 aromatic rings. The van der Waals surface area contributed by atoms with E-state index in [1.54, 1.807) is 0 Å². The van der Waals surface area contributed by atoms with Crippen LogP contribution in [0.1, 0.15) is 26.6 Å². The Morgan fingerprint density at radius 2 is 2.05 bits per heavy atom. The van der Waals surface area contributed by atoms with Gasteiger partial charge in [0.05, 0.1) is 11.0 Å². The molecule has 1 aromatic heterocycles. The van der Waals surface area contributed by atoms with Crippen molar-refractivity contribution >= 4 is 16.9 Å². The second-order valence-electron chi connectivity index (χ2n) is 5.74. The van der Waals surface area contributed by atoms with Crippen molar-refractivity contribution in [2.24, 2.45) is 11.7 Å². The van der Waals surface area contributed by atoms with E-state index in [-0.39, 0.29) is 18.5 Å². The van der Waals surface area contributed by atoms with E-state index in [4.69, 9.17) is 5.73 Å². The van der Waals surface area contributed by atoms with Gasteiger partial charge in [0.25, 0.3) is 0 Å². The van der Waals surface area contributed by atoms with Crippen molar-refractivity contribution in [1.82, 2.24) is 14.9 Å². The highest BCUT2D eigenvalue weighted by atomic mass is 16.2. The summed E-state index contributed by atoms with van der Waals surface area (Å²) < 4.78 is 1.96. The van der Waals surface area contributed by atoms with E-state index in [1.807, 2.05) is 35.8 Å². The van der Waals surface area contributed by atoms with Gasteiger partial charge in [0.2, 0.25) is 5.91 Å². The van der Waals surface area contributed by atoms with Crippen LogP contribution in [0.4, 0.5) is 0 Å². The third kappa shape index (κ3) is 3.61. The molecule has 1 heterocycles. The van der Waals surface area contributed by atoms with Crippen LogP contribution in [0.5, 0.6) is 0 Å². The van der Waals surface area contributed by atoms with E-state index in [9.17, 15) is 4.79 Å². The third-order valence-corrected chi connectivity index (χ3v) is 3.79. The zero-order valence-electron chi connectivity index (χ0n) is 13.0. The molecule has 0 spiro atoms. The highest BCUT2D eigenvalue weighted by molar-refractivity contribution is 5.81. The smallest absolute Gasteiger partial charge is 0.240 e. The molecule has 0 saturated heterocycles. The molecular weight excluding hydrogens is 264 g/mol. The molecule has 3 N–H and O–H groups in total. The summed E-state index contributed by atoms with van der Waals surface area (Å²) in [6.45, 7) is 7.02. The molecule has 0 radical (unpaired) electrons. The average molecular weight is 288 g/mol. The molecule has 1 unspecified atom stereocenters. The molecule has 0 saturated carbocycles. The number of carbonyl (C=O) groups is 1. The maximum atomic E-state index is 12.2. The van der Waals surface area contributed by atoms with Crippen LogP contribution in [-0.2, 0) is 17.8 Å². The van der Waals surface area contributed by atoms with Crippen molar-refractivity contribution < 1.29 is 4.79 Å². The predicted octanol–water partition coefficient (Wildman–Crippen LogP) is 1.70. The molecule has 5 nitrogen and oxygen atoms in total. The van der Waals surface area contributed by atoms with Crippen molar-refractivity contribution in [3.63, 3.8) is 0 Å².